The molecule has 0 unspecified atom stereocenters. The Kier molecular flexibility index (Phi) is 3.63. The first-order chi connectivity index (χ1) is 10.0. The molecule has 1 aromatic heterocycles. The van der Waals surface area contributed by atoms with E-state index in [1.54, 1.807) is 13.2 Å². The van der Waals surface area contributed by atoms with E-state index in [1.165, 1.54) is 12.1 Å². The third-order valence-electron chi connectivity index (χ3n) is 4.18. The van der Waals surface area contributed by atoms with Crippen molar-refractivity contribution in [2.24, 2.45) is 0 Å². The monoisotopic (exact) mass is 310 g/mol. The third kappa shape index (κ3) is 2.51. The zero-order valence-electron chi connectivity index (χ0n) is 11.7. The van der Waals surface area contributed by atoms with Crippen LogP contribution in [0.1, 0.15) is 25.0 Å². The zero-order valence-corrected chi connectivity index (χ0v) is 12.4. The number of aromatic nitrogens is 1. The Morgan fingerprint density at radius 2 is 2.24 bits per heavy atom. The van der Waals surface area contributed by atoms with E-state index >= 15 is 0 Å². The lowest BCUT2D eigenvalue weighted by Crippen LogP contribution is -2.41. The summed E-state index contributed by atoms with van der Waals surface area (Å²) in [6.07, 6.45) is 3.70. The molecule has 0 saturated heterocycles. The van der Waals surface area contributed by atoms with E-state index in [4.69, 9.17) is 26.6 Å². The number of methoxy groups -OCH3 is 1. The average Bonchev–Trinajstić information content (AvgIpc) is 2.75. The number of hydrogen-bond acceptors (Lipinski definition) is 4. The molecule has 112 valence electrons. The molecular formula is C15H16ClFN2O2. The van der Waals surface area contributed by atoms with Crippen molar-refractivity contribution < 1.29 is 13.7 Å². The maximum absolute atomic E-state index is 13.2. The van der Waals surface area contributed by atoms with Gasteiger partial charge in [-0.2, -0.15) is 0 Å². The molecule has 0 amide bonds. The van der Waals surface area contributed by atoms with Crippen molar-refractivity contribution in [3.8, 4) is 11.1 Å². The second-order valence-corrected chi connectivity index (χ2v) is 5.82. The molecule has 1 aliphatic carbocycles. The standard InChI is InChI=1S/C15H16ClFN2O2/c1-20-15(5-2-6-15)8-12-13(14(18)21-19-12)10-4-3-9(17)7-11(10)16/h3-4,7H,2,5-6,8,18H2,1H3. The summed E-state index contributed by atoms with van der Waals surface area (Å²) in [5, 5.41) is 4.32. The molecule has 2 aromatic rings. The average molecular weight is 311 g/mol. The summed E-state index contributed by atoms with van der Waals surface area (Å²) in [5.74, 6) is -0.211. The van der Waals surface area contributed by atoms with Crippen LogP contribution in [0, 0.1) is 5.82 Å². The number of halogens is 2. The second kappa shape index (κ2) is 5.31. The van der Waals surface area contributed by atoms with Gasteiger partial charge in [-0.15, -0.1) is 0 Å². The first-order valence-electron chi connectivity index (χ1n) is 6.79. The van der Waals surface area contributed by atoms with Crippen molar-refractivity contribution in [2.75, 3.05) is 12.8 Å². The minimum atomic E-state index is -0.396. The van der Waals surface area contributed by atoms with Crippen LogP contribution in [0.15, 0.2) is 22.7 Å². The van der Waals surface area contributed by atoms with E-state index in [2.05, 4.69) is 5.16 Å². The topological polar surface area (TPSA) is 61.3 Å². The Hall–Kier alpha value is -1.59. The van der Waals surface area contributed by atoms with Crippen LogP contribution in [0.4, 0.5) is 10.3 Å². The third-order valence-corrected chi connectivity index (χ3v) is 4.49. The Bertz CT molecular complexity index is 662. The molecule has 0 bridgehead atoms. The SMILES string of the molecule is COC1(Cc2noc(N)c2-c2ccc(F)cc2Cl)CCC1. The zero-order chi connectivity index (χ0) is 15.0. The molecular weight excluding hydrogens is 295 g/mol. The van der Waals surface area contributed by atoms with Crippen LogP contribution >= 0.6 is 11.6 Å². The molecule has 2 N–H and O–H groups in total. The minimum absolute atomic E-state index is 0.184. The molecule has 21 heavy (non-hydrogen) atoms. The Morgan fingerprint density at radius 1 is 1.48 bits per heavy atom. The Labute approximate surface area is 127 Å². The smallest absolute Gasteiger partial charge is 0.230 e. The summed E-state index contributed by atoms with van der Waals surface area (Å²) in [6, 6.07) is 4.18. The number of nitrogen functional groups attached to an aromatic ring is 1. The fourth-order valence-electron chi connectivity index (χ4n) is 2.77. The number of ether oxygens (including phenoxy) is 1. The van der Waals surface area contributed by atoms with Gasteiger partial charge in [-0.1, -0.05) is 16.8 Å². The van der Waals surface area contributed by atoms with Crippen LogP contribution in [0.2, 0.25) is 5.02 Å². The summed E-state index contributed by atoms with van der Waals surface area (Å²) >= 11 is 6.12. The summed E-state index contributed by atoms with van der Waals surface area (Å²) in [5.41, 5.74) is 7.62. The molecule has 1 aliphatic rings. The first-order valence-corrected chi connectivity index (χ1v) is 7.17. The molecule has 0 aliphatic heterocycles. The summed E-state index contributed by atoms with van der Waals surface area (Å²) in [7, 11) is 1.70. The van der Waals surface area contributed by atoms with Crippen molar-refractivity contribution in [3.05, 3.63) is 34.7 Å². The van der Waals surface area contributed by atoms with Crippen LogP contribution in [0.25, 0.3) is 11.1 Å². The number of nitrogens with zero attached hydrogens (tertiary/aromatic N) is 1. The van der Waals surface area contributed by atoms with Gasteiger partial charge in [0.2, 0.25) is 5.88 Å². The number of hydrogen-bond donors (Lipinski definition) is 1. The molecule has 1 fully saturated rings. The minimum Gasteiger partial charge on any atom is -0.378 e. The number of benzene rings is 1. The number of rotatable bonds is 4. The van der Waals surface area contributed by atoms with Gasteiger partial charge in [0, 0.05) is 19.1 Å². The molecule has 3 rings (SSSR count). The molecule has 1 saturated carbocycles. The van der Waals surface area contributed by atoms with Gasteiger partial charge in [0.05, 0.1) is 21.9 Å². The van der Waals surface area contributed by atoms with Crippen LogP contribution in [0.5, 0.6) is 0 Å². The quantitative estimate of drug-likeness (QED) is 0.932. The lowest BCUT2D eigenvalue weighted by atomic mass is 9.76. The highest BCUT2D eigenvalue weighted by Gasteiger charge is 2.39. The van der Waals surface area contributed by atoms with Gasteiger partial charge in [0.1, 0.15) is 5.82 Å². The highest BCUT2D eigenvalue weighted by molar-refractivity contribution is 6.33. The maximum Gasteiger partial charge on any atom is 0.230 e. The molecule has 0 spiro atoms. The van der Waals surface area contributed by atoms with E-state index in [0.717, 1.165) is 19.3 Å². The van der Waals surface area contributed by atoms with E-state index in [-0.39, 0.29) is 16.5 Å². The summed E-state index contributed by atoms with van der Waals surface area (Å²) in [4.78, 5) is 0. The molecule has 4 nitrogen and oxygen atoms in total. The van der Waals surface area contributed by atoms with Crippen LogP contribution < -0.4 is 5.73 Å². The van der Waals surface area contributed by atoms with Crippen LogP contribution in [0.3, 0.4) is 0 Å². The molecule has 6 heteroatoms. The summed E-state index contributed by atoms with van der Waals surface area (Å²) < 4.78 is 23.9. The van der Waals surface area contributed by atoms with E-state index < -0.39 is 5.82 Å². The van der Waals surface area contributed by atoms with Gasteiger partial charge >= 0.3 is 0 Å². The fourth-order valence-corrected chi connectivity index (χ4v) is 3.03. The van der Waals surface area contributed by atoms with Gasteiger partial charge in [-0.25, -0.2) is 4.39 Å². The lowest BCUT2D eigenvalue weighted by Gasteiger charge is -2.40. The van der Waals surface area contributed by atoms with Crippen molar-refractivity contribution in [3.63, 3.8) is 0 Å². The largest absolute Gasteiger partial charge is 0.378 e. The van der Waals surface area contributed by atoms with Crippen molar-refractivity contribution in [1.82, 2.24) is 5.16 Å². The fraction of sp³-hybridized carbons (Fsp3) is 0.400. The normalized spacial score (nSPS) is 16.7. The van der Waals surface area contributed by atoms with Gasteiger partial charge in [-0.05, 0) is 37.5 Å². The van der Waals surface area contributed by atoms with Crippen molar-refractivity contribution in [1.29, 1.82) is 0 Å². The highest BCUT2D eigenvalue weighted by Crippen LogP contribution is 2.42. The highest BCUT2D eigenvalue weighted by atomic mass is 35.5. The predicted octanol–water partition coefficient (Wildman–Crippen LogP) is 3.83. The molecule has 0 atom stereocenters. The van der Waals surface area contributed by atoms with Gasteiger partial charge < -0.3 is 15.0 Å². The summed E-state index contributed by atoms with van der Waals surface area (Å²) in [6.45, 7) is 0. The Balaban J connectivity index is 2.01. The molecule has 1 heterocycles. The maximum atomic E-state index is 13.2. The van der Waals surface area contributed by atoms with E-state index in [9.17, 15) is 4.39 Å². The van der Waals surface area contributed by atoms with Gasteiger partial charge in [0.15, 0.2) is 0 Å². The number of nitrogens with two attached hydrogens (primary N) is 1. The predicted molar refractivity (Wildman–Crippen MR) is 78.6 cm³/mol. The van der Waals surface area contributed by atoms with Gasteiger partial charge in [0.25, 0.3) is 0 Å². The van der Waals surface area contributed by atoms with Crippen LogP contribution in [-0.4, -0.2) is 17.9 Å². The van der Waals surface area contributed by atoms with Crippen LogP contribution in [-0.2, 0) is 11.2 Å². The van der Waals surface area contributed by atoms with E-state index in [1.807, 2.05) is 0 Å². The molecule has 1 aromatic carbocycles. The second-order valence-electron chi connectivity index (χ2n) is 5.41. The van der Waals surface area contributed by atoms with E-state index in [0.29, 0.717) is 23.2 Å². The van der Waals surface area contributed by atoms with Gasteiger partial charge in [-0.3, -0.25) is 0 Å². The lowest BCUT2D eigenvalue weighted by molar-refractivity contribution is -0.0717. The van der Waals surface area contributed by atoms with Crippen molar-refractivity contribution >= 4 is 17.5 Å². The molecule has 0 radical (unpaired) electrons. The van der Waals surface area contributed by atoms with Crippen molar-refractivity contribution in [2.45, 2.75) is 31.3 Å². The Morgan fingerprint density at radius 3 is 2.81 bits per heavy atom. The first kappa shape index (κ1) is 14.4. The number of anilines is 1.